The second-order valence-corrected chi connectivity index (χ2v) is 8.15. The lowest BCUT2D eigenvalue weighted by atomic mass is 9.85. The van der Waals surface area contributed by atoms with Gasteiger partial charge in [0.25, 0.3) is 0 Å². The molecule has 5 heteroatoms. The molecule has 0 radical (unpaired) electrons. The summed E-state index contributed by atoms with van der Waals surface area (Å²) in [4.78, 5) is 15.2. The molecular formula is C22H35N3O2. The van der Waals surface area contributed by atoms with Crippen molar-refractivity contribution in [2.45, 2.75) is 38.6 Å². The summed E-state index contributed by atoms with van der Waals surface area (Å²) in [6.07, 6.45) is 3.97. The van der Waals surface area contributed by atoms with Gasteiger partial charge < -0.3 is 15.4 Å². The number of hydrogen-bond acceptors (Lipinski definition) is 4. The predicted octanol–water partition coefficient (Wildman–Crippen LogP) is 2.07. The molecule has 150 valence electrons. The van der Waals surface area contributed by atoms with Crippen molar-refractivity contribution in [3.63, 3.8) is 0 Å². The highest BCUT2D eigenvalue weighted by Crippen LogP contribution is 2.22. The average molecular weight is 374 g/mol. The summed E-state index contributed by atoms with van der Waals surface area (Å²) >= 11 is 0. The summed E-state index contributed by atoms with van der Waals surface area (Å²) in [5.41, 5.74) is 1.28. The molecule has 2 heterocycles. The van der Waals surface area contributed by atoms with Crippen LogP contribution in [0.5, 0.6) is 0 Å². The third-order valence-corrected chi connectivity index (χ3v) is 5.92. The number of rotatable bonds is 8. The molecule has 2 saturated heterocycles. The van der Waals surface area contributed by atoms with Crippen LogP contribution in [-0.4, -0.2) is 62.8 Å². The van der Waals surface area contributed by atoms with Gasteiger partial charge in [-0.3, -0.25) is 9.69 Å². The van der Waals surface area contributed by atoms with Crippen LogP contribution in [0, 0.1) is 11.8 Å². The molecule has 1 amide bonds. The van der Waals surface area contributed by atoms with Crippen molar-refractivity contribution in [3.05, 3.63) is 35.9 Å². The van der Waals surface area contributed by atoms with E-state index in [2.05, 4.69) is 46.7 Å². The maximum Gasteiger partial charge on any atom is 0.220 e. The summed E-state index contributed by atoms with van der Waals surface area (Å²) < 4.78 is 5.47. The lowest BCUT2D eigenvalue weighted by molar-refractivity contribution is -0.123. The summed E-state index contributed by atoms with van der Waals surface area (Å²) in [5.74, 6) is 1.25. The molecule has 2 aliphatic rings. The Labute approximate surface area is 163 Å². The zero-order valence-corrected chi connectivity index (χ0v) is 16.7. The van der Waals surface area contributed by atoms with Crippen LogP contribution in [0.4, 0.5) is 0 Å². The number of carbonyl (C=O) groups is 1. The van der Waals surface area contributed by atoms with Crippen molar-refractivity contribution in [2.24, 2.45) is 11.8 Å². The standard InChI is InChI=1S/C22H35N3O2/c1-18(20-8-5-9-23-16-20)14-22(26)24-21(15-19-6-3-2-4-7-19)17-25-10-12-27-13-11-25/h2-4,6-7,18,20-21,23H,5,8-17H2,1H3,(H,24,26). The zero-order chi connectivity index (χ0) is 18.9. The van der Waals surface area contributed by atoms with Crippen molar-refractivity contribution in [1.82, 2.24) is 15.5 Å². The number of amides is 1. The fourth-order valence-corrected chi connectivity index (χ4v) is 4.27. The summed E-state index contributed by atoms with van der Waals surface area (Å²) in [6.45, 7) is 8.77. The van der Waals surface area contributed by atoms with Crippen LogP contribution >= 0.6 is 0 Å². The fraction of sp³-hybridized carbons (Fsp3) is 0.682. The minimum atomic E-state index is 0.148. The Balaban J connectivity index is 1.54. The van der Waals surface area contributed by atoms with Gasteiger partial charge in [0.2, 0.25) is 5.91 Å². The summed E-state index contributed by atoms with van der Waals surface area (Å²) in [7, 11) is 0. The number of nitrogens with one attached hydrogen (secondary N) is 2. The first kappa shape index (κ1) is 20.3. The van der Waals surface area contributed by atoms with E-state index < -0.39 is 0 Å². The predicted molar refractivity (Wildman–Crippen MR) is 109 cm³/mol. The molecule has 2 aliphatic heterocycles. The van der Waals surface area contributed by atoms with Crippen molar-refractivity contribution < 1.29 is 9.53 Å². The van der Waals surface area contributed by atoms with Crippen molar-refractivity contribution in [3.8, 4) is 0 Å². The maximum absolute atomic E-state index is 12.8. The number of piperidine rings is 1. The molecule has 3 unspecified atom stereocenters. The van der Waals surface area contributed by atoms with Crippen LogP contribution in [0.15, 0.2) is 30.3 Å². The van der Waals surface area contributed by atoms with Gasteiger partial charge in [-0.15, -0.1) is 0 Å². The zero-order valence-electron chi connectivity index (χ0n) is 16.7. The molecule has 3 atom stereocenters. The molecule has 5 nitrogen and oxygen atoms in total. The Bertz CT molecular complexity index is 554. The molecule has 2 N–H and O–H groups in total. The molecule has 0 saturated carbocycles. The Kier molecular flexibility index (Phi) is 8.11. The average Bonchev–Trinajstić information content (AvgIpc) is 2.70. The van der Waals surface area contributed by atoms with E-state index in [1.165, 1.54) is 18.4 Å². The van der Waals surface area contributed by atoms with E-state index in [0.29, 0.717) is 18.3 Å². The minimum Gasteiger partial charge on any atom is -0.379 e. The highest BCUT2D eigenvalue weighted by Gasteiger charge is 2.24. The van der Waals surface area contributed by atoms with Crippen LogP contribution in [0.1, 0.15) is 31.7 Å². The quantitative estimate of drug-likeness (QED) is 0.733. The van der Waals surface area contributed by atoms with E-state index in [0.717, 1.165) is 52.4 Å². The largest absolute Gasteiger partial charge is 0.379 e. The lowest BCUT2D eigenvalue weighted by Gasteiger charge is -2.32. The molecule has 1 aromatic rings. The van der Waals surface area contributed by atoms with Gasteiger partial charge in [0, 0.05) is 32.1 Å². The van der Waals surface area contributed by atoms with Crippen LogP contribution < -0.4 is 10.6 Å². The smallest absolute Gasteiger partial charge is 0.220 e. The van der Waals surface area contributed by atoms with Gasteiger partial charge in [-0.05, 0) is 49.8 Å². The number of hydrogen-bond donors (Lipinski definition) is 2. The highest BCUT2D eigenvalue weighted by atomic mass is 16.5. The first-order chi connectivity index (χ1) is 13.2. The number of morpholine rings is 1. The molecule has 27 heavy (non-hydrogen) atoms. The summed E-state index contributed by atoms with van der Waals surface area (Å²) in [5, 5.41) is 6.81. The van der Waals surface area contributed by atoms with Crippen LogP contribution in [0.25, 0.3) is 0 Å². The van der Waals surface area contributed by atoms with Gasteiger partial charge in [-0.2, -0.15) is 0 Å². The van der Waals surface area contributed by atoms with E-state index in [1.807, 2.05) is 6.07 Å². The van der Waals surface area contributed by atoms with E-state index in [9.17, 15) is 4.79 Å². The van der Waals surface area contributed by atoms with E-state index in [-0.39, 0.29) is 11.9 Å². The molecule has 2 fully saturated rings. The monoisotopic (exact) mass is 373 g/mol. The highest BCUT2D eigenvalue weighted by molar-refractivity contribution is 5.76. The van der Waals surface area contributed by atoms with E-state index in [4.69, 9.17) is 4.74 Å². The van der Waals surface area contributed by atoms with Crippen molar-refractivity contribution in [1.29, 1.82) is 0 Å². The number of ether oxygens (including phenoxy) is 1. The van der Waals surface area contributed by atoms with Gasteiger partial charge in [-0.1, -0.05) is 37.3 Å². The van der Waals surface area contributed by atoms with Gasteiger partial charge in [0.15, 0.2) is 0 Å². The molecule has 3 rings (SSSR count). The number of benzene rings is 1. The number of nitrogens with zero attached hydrogens (tertiary/aromatic N) is 1. The van der Waals surface area contributed by atoms with Gasteiger partial charge in [-0.25, -0.2) is 0 Å². The van der Waals surface area contributed by atoms with Crippen LogP contribution in [-0.2, 0) is 16.0 Å². The Morgan fingerprint density at radius 3 is 2.78 bits per heavy atom. The Morgan fingerprint density at radius 1 is 1.30 bits per heavy atom. The SMILES string of the molecule is CC(CC(=O)NC(Cc1ccccc1)CN1CCOCC1)C1CCCNC1. The first-order valence-corrected chi connectivity index (χ1v) is 10.5. The second-order valence-electron chi connectivity index (χ2n) is 8.15. The van der Waals surface area contributed by atoms with Gasteiger partial charge >= 0.3 is 0 Å². The van der Waals surface area contributed by atoms with Crippen molar-refractivity contribution >= 4 is 5.91 Å². The molecular weight excluding hydrogens is 338 g/mol. The van der Waals surface area contributed by atoms with Gasteiger partial charge in [0.05, 0.1) is 13.2 Å². The molecule has 0 aliphatic carbocycles. The van der Waals surface area contributed by atoms with Crippen LogP contribution in [0.2, 0.25) is 0 Å². The fourth-order valence-electron chi connectivity index (χ4n) is 4.27. The second kappa shape index (κ2) is 10.8. The molecule has 0 spiro atoms. The van der Waals surface area contributed by atoms with E-state index in [1.54, 1.807) is 0 Å². The van der Waals surface area contributed by atoms with Gasteiger partial charge in [0.1, 0.15) is 0 Å². The maximum atomic E-state index is 12.8. The topological polar surface area (TPSA) is 53.6 Å². The molecule has 0 aromatic heterocycles. The normalized spacial score (nSPS) is 23.5. The lowest BCUT2D eigenvalue weighted by Crippen LogP contribution is -2.48. The van der Waals surface area contributed by atoms with E-state index >= 15 is 0 Å². The minimum absolute atomic E-state index is 0.148. The summed E-state index contributed by atoms with van der Waals surface area (Å²) in [6, 6.07) is 10.6. The molecule has 1 aromatic carbocycles. The Hall–Kier alpha value is -1.43. The number of carbonyl (C=O) groups excluding carboxylic acids is 1. The third kappa shape index (κ3) is 6.91. The third-order valence-electron chi connectivity index (χ3n) is 5.92. The van der Waals surface area contributed by atoms with Crippen molar-refractivity contribution in [2.75, 3.05) is 45.9 Å². The van der Waals surface area contributed by atoms with Crippen LogP contribution in [0.3, 0.4) is 0 Å². The first-order valence-electron chi connectivity index (χ1n) is 10.5. The Morgan fingerprint density at radius 2 is 2.07 bits per heavy atom. The molecule has 0 bridgehead atoms.